The number of aromatic nitrogens is 1. The first-order chi connectivity index (χ1) is 12.8. The third kappa shape index (κ3) is 4.94. The number of hydrogen-bond donors (Lipinski definition) is 2. The highest BCUT2D eigenvalue weighted by Gasteiger charge is 2.44. The Labute approximate surface area is 171 Å². The van der Waals surface area contributed by atoms with Crippen LogP contribution < -0.4 is 15.5 Å². The fourth-order valence-electron chi connectivity index (χ4n) is 2.94. The maximum Gasteiger partial charge on any atom is 0.319 e. The van der Waals surface area contributed by atoms with Gasteiger partial charge in [-0.1, -0.05) is 34.8 Å². The van der Waals surface area contributed by atoms with Crippen molar-refractivity contribution in [2.45, 2.75) is 12.8 Å². The van der Waals surface area contributed by atoms with Crippen LogP contribution in [0.3, 0.4) is 0 Å². The molecule has 1 aliphatic carbocycles. The highest BCUT2D eigenvalue weighted by molar-refractivity contribution is 6.38. The first-order valence-electron chi connectivity index (χ1n) is 8.30. The third-order valence-corrected chi connectivity index (χ3v) is 5.38. The van der Waals surface area contributed by atoms with Gasteiger partial charge in [-0.25, -0.2) is 9.18 Å². The summed E-state index contributed by atoms with van der Waals surface area (Å²) < 4.78 is 13.2. The molecule has 0 bridgehead atoms. The zero-order valence-electron chi connectivity index (χ0n) is 14.5. The SMILES string of the molecule is CN(CC1(CNC(=O)Nc2ccc(F)c(Cl)c2)CC1)c1c(Cl)cncc1Cl. The molecule has 0 spiro atoms. The zero-order valence-corrected chi connectivity index (χ0v) is 16.8. The quantitative estimate of drug-likeness (QED) is 0.659. The summed E-state index contributed by atoms with van der Waals surface area (Å²) in [5.41, 5.74) is 1.11. The van der Waals surface area contributed by atoms with Crippen molar-refractivity contribution in [2.24, 2.45) is 5.41 Å². The molecule has 1 heterocycles. The molecular weight excluding hydrogens is 414 g/mol. The van der Waals surface area contributed by atoms with Crippen LogP contribution in [-0.4, -0.2) is 31.2 Å². The third-order valence-electron chi connectivity index (χ3n) is 4.54. The monoisotopic (exact) mass is 430 g/mol. The van der Waals surface area contributed by atoms with Gasteiger partial charge < -0.3 is 15.5 Å². The van der Waals surface area contributed by atoms with Crippen LogP contribution in [0.1, 0.15) is 12.8 Å². The lowest BCUT2D eigenvalue weighted by molar-refractivity contribution is 0.249. The number of nitrogens with one attached hydrogen (secondary N) is 2. The van der Waals surface area contributed by atoms with Crippen LogP contribution in [0.2, 0.25) is 15.1 Å². The van der Waals surface area contributed by atoms with E-state index in [0.29, 0.717) is 28.8 Å². The molecule has 0 unspecified atom stereocenters. The maximum absolute atomic E-state index is 13.2. The van der Waals surface area contributed by atoms with Gasteiger partial charge in [-0.05, 0) is 31.0 Å². The van der Waals surface area contributed by atoms with E-state index in [1.165, 1.54) is 18.2 Å². The molecule has 27 heavy (non-hydrogen) atoms. The summed E-state index contributed by atoms with van der Waals surface area (Å²) in [5, 5.41) is 6.44. The summed E-state index contributed by atoms with van der Waals surface area (Å²) >= 11 is 18.1. The predicted molar refractivity (Wildman–Crippen MR) is 108 cm³/mol. The van der Waals surface area contributed by atoms with Crippen molar-refractivity contribution in [1.29, 1.82) is 0 Å². The van der Waals surface area contributed by atoms with Crippen LogP contribution in [0, 0.1) is 11.2 Å². The van der Waals surface area contributed by atoms with Crippen LogP contribution in [0.4, 0.5) is 20.6 Å². The van der Waals surface area contributed by atoms with Crippen LogP contribution >= 0.6 is 34.8 Å². The molecule has 3 rings (SSSR count). The molecule has 1 aromatic carbocycles. The molecule has 0 saturated heterocycles. The molecule has 0 radical (unpaired) electrons. The maximum atomic E-state index is 13.2. The predicted octanol–water partition coefficient (Wildman–Crippen LogP) is 5.22. The Morgan fingerprint density at radius 3 is 2.48 bits per heavy atom. The number of urea groups is 1. The Morgan fingerprint density at radius 2 is 1.89 bits per heavy atom. The van der Waals surface area contributed by atoms with E-state index in [1.807, 2.05) is 11.9 Å². The van der Waals surface area contributed by atoms with Crippen LogP contribution in [0.15, 0.2) is 30.6 Å². The van der Waals surface area contributed by atoms with Gasteiger partial charge in [-0.3, -0.25) is 4.98 Å². The highest BCUT2D eigenvalue weighted by atomic mass is 35.5. The minimum absolute atomic E-state index is 0.0392. The van der Waals surface area contributed by atoms with Gasteiger partial charge in [0.2, 0.25) is 0 Å². The summed E-state index contributed by atoms with van der Waals surface area (Å²) in [7, 11) is 1.91. The van der Waals surface area contributed by atoms with Gasteiger partial charge in [0.25, 0.3) is 0 Å². The van der Waals surface area contributed by atoms with E-state index in [4.69, 9.17) is 34.8 Å². The van der Waals surface area contributed by atoms with Gasteiger partial charge in [0.1, 0.15) is 5.82 Å². The molecule has 0 atom stereocenters. The largest absolute Gasteiger partial charge is 0.371 e. The number of anilines is 2. The van der Waals surface area contributed by atoms with Crippen molar-refractivity contribution in [3.8, 4) is 0 Å². The number of nitrogens with zero attached hydrogens (tertiary/aromatic N) is 2. The van der Waals surface area contributed by atoms with Crippen molar-refractivity contribution in [3.63, 3.8) is 0 Å². The number of hydrogen-bond acceptors (Lipinski definition) is 3. The summed E-state index contributed by atoms with van der Waals surface area (Å²) in [5.74, 6) is -0.531. The lowest BCUT2D eigenvalue weighted by atomic mass is 10.1. The standard InChI is InChI=1S/C18H18Cl3FN4O/c1-26(16-13(20)7-23-8-14(16)21)10-18(4-5-18)9-24-17(27)25-11-2-3-15(22)12(19)6-11/h2-3,6-8H,4-5,9-10H2,1H3,(H2,24,25,27). The fraction of sp³-hybridized carbons (Fsp3) is 0.333. The van der Waals surface area contributed by atoms with Gasteiger partial charge in [-0.2, -0.15) is 0 Å². The van der Waals surface area contributed by atoms with Gasteiger partial charge in [-0.15, -0.1) is 0 Å². The number of carbonyl (C=O) groups excluding carboxylic acids is 1. The molecule has 1 saturated carbocycles. The molecule has 9 heteroatoms. The highest BCUT2D eigenvalue weighted by Crippen LogP contribution is 2.47. The van der Waals surface area contributed by atoms with Crippen LogP contribution in [0.5, 0.6) is 0 Å². The number of carbonyl (C=O) groups is 1. The molecule has 1 aromatic heterocycles. The Hall–Kier alpha value is -1.76. The van der Waals surface area contributed by atoms with Crippen molar-refractivity contribution in [2.75, 3.05) is 30.4 Å². The van der Waals surface area contributed by atoms with E-state index >= 15 is 0 Å². The number of rotatable bonds is 6. The Morgan fingerprint density at radius 1 is 1.22 bits per heavy atom. The minimum Gasteiger partial charge on any atom is -0.371 e. The normalized spacial score (nSPS) is 14.6. The molecule has 5 nitrogen and oxygen atoms in total. The molecule has 0 aliphatic heterocycles. The number of benzene rings is 1. The Bertz CT molecular complexity index is 840. The van der Waals surface area contributed by atoms with Crippen LogP contribution in [0.25, 0.3) is 0 Å². The summed E-state index contributed by atoms with van der Waals surface area (Å²) in [6.45, 7) is 1.19. The van der Waals surface area contributed by atoms with Crippen molar-refractivity contribution >= 4 is 52.2 Å². The van der Waals surface area contributed by atoms with E-state index in [2.05, 4.69) is 15.6 Å². The molecule has 2 N–H and O–H groups in total. The molecule has 2 aromatic rings. The van der Waals surface area contributed by atoms with Gasteiger partial charge in [0.15, 0.2) is 0 Å². The Kier molecular flexibility index (Phi) is 5.99. The molecule has 2 amide bonds. The molecule has 1 aliphatic rings. The lowest BCUT2D eigenvalue weighted by Crippen LogP contribution is -2.38. The first kappa shape index (κ1) is 20.0. The fourth-order valence-corrected chi connectivity index (χ4v) is 3.77. The summed E-state index contributed by atoms with van der Waals surface area (Å²) in [6.07, 6.45) is 5.08. The van der Waals surface area contributed by atoms with Gasteiger partial charge in [0, 0.05) is 43.6 Å². The molecule has 1 fully saturated rings. The summed E-state index contributed by atoms with van der Waals surface area (Å²) in [4.78, 5) is 18.1. The van der Waals surface area contributed by atoms with E-state index in [-0.39, 0.29) is 16.5 Å². The first-order valence-corrected chi connectivity index (χ1v) is 9.43. The van der Waals surface area contributed by atoms with E-state index in [1.54, 1.807) is 12.4 Å². The van der Waals surface area contributed by atoms with Crippen molar-refractivity contribution < 1.29 is 9.18 Å². The minimum atomic E-state index is -0.531. The van der Waals surface area contributed by atoms with E-state index in [0.717, 1.165) is 18.5 Å². The number of amides is 2. The Balaban J connectivity index is 1.56. The second-order valence-corrected chi connectivity index (χ2v) is 7.97. The summed E-state index contributed by atoms with van der Waals surface area (Å²) in [6, 6.07) is 3.66. The second-order valence-electron chi connectivity index (χ2n) is 6.74. The molecule has 144 valence electrons. The van der Waals surface area contributed by atoms with Crippen molar-refractivity contribution in [1.82, 2.24) is 10.3 Å². The van der Waals surface area contributed by atoms with E-state index < -0.39 is 5.82 Å². The number of pyridine rings is 1. The lowest BCUT2D eigenvalue weighted by Gasteiger charge is -2.27. The average Bonchev–Trinajstić information content (AvgIpc) is 3.36. The molecular formula is C18H18Cl3FN4O. The van der Waals surface area contributed by atoms with E-state index in [9.17, 15) is 9.18 Å². The van der Waals surface area contributed by atoms with Gasteiger partial charge in [0.05, 0.1) is 20.8 Å². The average molecular weight is 432 g/mol. The zero-order chi connectivity index (χ0) is 19.6. The van der Waals surface area contributed by atoms with Crippen LogP contribution in [-0.2, 0) is 0 Å². The second kappa shape index (κ2) is 8.09. The number of halogens is 4. The van der Waals surface area contributed by atoms with Gasteiger partial charge >= 0.3 is 6.03 Å². The smallest absolute Gasteiger partial charge is 0.319 e. The topological polar surface area (TPSA) is 57.3 Å². The van der Waals surface area contributed by atoms with Crippen molar-refractivity contribution in [3.05, 3.63) is 51.5 Å².